The van der Waals surface area contributed by atoms with Gasteiger partial charge in [0.05, 0.1) is 37.3 Å². The maximum Gasteiger partial charge on any atom is 0.309 e. The van der Waals surface area contributed by atoms with Crippen molar-refractivity contribution in [2.24, 2.45) is 11.8 Å². The Hall–Kier alpha value is -1.10. The Labute approximate surface area is 100 Å². The summed E-state index contributed by atoms with van der Waals surface area (Å²) in [6.07, 6.45) is 1.42. The quantitative estimate of drug-likeness (QED) is 0.541. The van der Waals surface area contributed by atoms with Crippen LogP contribution in [0.3, 0.4) is 0 Å². The number of epoxide rings is 1. The van der Waals surface area contributed by atoms with Crippen LogP contribution >= 0.6 is 0 Å². The fourth-order valence-electron chi connectivity index (χ4n) is 2.44. The Morgan fingerprint density at radius 3 is 1.76 bits per heavy atom. The van der Waals surface area contributed by atoms with Gasteiger partial charge in [-0.25, -0.2) is 0 Å². The summed E-state index contributed by atoms with van der Waals surface area (Å²) in [6.45, 7) is 4.19. The number of hydrogen-bond acceptors (Lipinski definition) is 5. The van der Waals surface area contributed by atoms with Gasteiger partial charge in [-0.1, -0.05) is 0 Å². The highest BCUT2D eigenvalue weighted by Gasteiger charge is 2.53. The van der Waals surface area contributed by atoms with E-state index in [0.29, 0.717) is 26.1 Å². The monoisotopic (exact) mass is 242 g/mol. The molecule has 5 heteroatoms. The van der Waals surface area contributed by atoms with E-state index in [9.17, 15) is 9.59 Å². The summed E-state index contributed by atoms with van der Waals surface area (Å²) >= 11 is 0. The smallest absolute Gasteiger partial charge is 0.309 e. The van der Waals surface area contributed by atoms with E-state index >= 15 is 0 Å². The molecule has 0 aromatic carbocycles. The van der Waals surface area contributed by atoms with Crippen molar-refractivity contribution in [1.29, 1.82) is 0 Å². The first-order chi connectivity index (χ1) is 8.17. The van der Waals surface area contributed by atoms with Crippen LogP contribution in [0.1, 0.15) is 26.7 Å². The van der Waals surface area contributed by atoms with Crippen LogP contribution in [0.15, 0.2) is 0 Å². The molecular formula is C12H18O5. The van der Waals surface area contributed by atoms with E-state index in [-0.39, 0.29) is 24.1 Å². The second-order valence-electron chi connectivity index (χ2n) is 4.40. The highest BCUT2D eigenvalue weighted by Crippen LogP contribution is 2.43. The summed E-state index contributed by atoms with van der Waals surface area (Å²) < 4.78 is 15.4. The molecule has 96 valence electrons. The molecule has 1 aliphatic heterocycles. The lowest BCUT2D eigenvalue weighted by Crippen LogP contribution is -2.37. The van der Waals surface area contributed by atoms with Gasteiger partial charge in [0.1, 0.15) is 0 Å². The lowest BCUT2D eigenvalue weighted by atomic mass is 9.79. The third kappa shape index (κ3) is 2.60. The summed E-state index contributed by atoms with van der Waals surface area (Å²) in [5, 5.41) is 0. The molecule has 2 fully saturated rings. The summed E-state index contributed by atoms with van der Waals surface area (Å²) in [6, 6.07) is 0. The van der Waals surface area contributed by atoms with Crippen LogP contribution in [0.2, 0.25) is 0 Å². The third-order valence-corrected chi connectivity index (χ3v) is 3.32. The summed E-state index contributed by atoms with van der Waals surface area (Å²) in [4.78, 5) is 23.6. The molecule has 2 aliphatic rings. The molecule has 0 aromatic rings. The van der Waals surface area contributed by atoms with Crippen molar-refractivity contribution in [3.8, 4) is 0 Å². The minimum atomic E-state index is -0.405. The Morgan fingerprint density at radius 1 is 1.00 bits per heavy atom. The predicted molar refractivity (Wildman–Crippen MR) is 58.1 cm³/mol. The number of hydrogen-bond donors (Lipinski definition) is 0. The van der Waals surface area contributed by atoms with Gasteiger partial charge < -0.3 is 14.2 Å². The van der Waals surface area contributed by atoms with Gasteiger partial charge in [0, 0.05) is 0 Å². The van der Waals surface area contributed by atoms with E-state index < -0.39 is 11.8 Å². The van der Waals surface area contributed by atoms with Gasteiger partial charge in [0.15, 0.2) is 0 Å². The van der Waals surface area contributed by atoms with Crippen LogP contribution in [0.4, 0.5) is 0 Å². The molecule has 1 saturated heterocycles. The van der Waals surface area contributed by atoms with Gasteiger partial charge in [-0.15, -0.1) is 0 Å². The maximum absolute atomic E-state index is 11.8. The first kappa shape index (κ1) is 12.4. The molecule has 4 atom stereocenters. The maximum atomic E-state index is 11.8. The second-order valence-corrected chi connectivity index (χ2v) is 4.40. The lowest BCUT2D eigenvalue weighted by molar-refractivity contribution is -0.161. The van der Waals surface area contributed by atoms with Gasteiger partial charge in [-0.05, 0) is 26.7 Å². The van der Waals surface area contributed by atoms with E-state index in [1.165, 1.54) is 0 Å². The SMILES string of the molecule is CCOC(=O)[C@H]1C[C@@H]2O[C@@H]2C[C@@H]1C(=O)OCC. The van der Waals surface area contributed by atoms with Crippen LogP contribution in [-0.4, -0.2) is 37.4 Å². The van der Waals surface area contributed by atoms with Gasteiger partial charge in [0.2, 0.25) is 0 Å². The number of carbonyl (C=O) groups excluding carboxylic acids is 2. The van der Waals surface area contributed by atoms with Gasteiger partial charge in [-0.3, -0.25) is 9.59 Å². The first-order valence-electron chi connectivity index (χ1n) is 6.16. The number of rotatable bonds is 4. The van der Waals surface area contributed by atoms with Crippen LogP contribution < -0.4 is 0 Å². The summed E-state index contributed by atoms with van der Waals surface area (Å²) in [5.41, 5.74) is 0. The number of esters is 2. The van der Waals surface area contributed by atoms with Crippen molar-refractivity contribution >= 4 is 11.9 Å². The average molecular weight is 242 g/mol. The topological polar surface area (TPSA) is 65.1 Å². The van der Waals surface area contributed by atoms with Gasteiger partial charge >= 0.3 is 11.9 Å². The lowest BCUT2D eigenvalue weighted by Gasteiger charge is -2.25. The minimum Gasteiger partial charge on any atom is -0.466 e. The molecular weight excluding hydrogens is 224 g/mol. The molecule has 1 saturated carbocycles. The molecule has 1 aliphatic carbocycles. The molecule has 0 spiro atoms. The van der Waals surface area contributed by atoms with Crippen LogP contribution in [0.5, 0.6) is 0 Å². The molecule has 0 amide bonds. The second kappa shape index (κ2) is 5.04. The zero-order valence-corrected chi connectivity index (χ0v) is 10.2. The van der Waals surface area contributed by atoms with E-state index in [1.807, 2.05) is 0 Å². The number of ether oxygens (including phenoxy) is 3. The van der Waals surface area contributed by atoms with E-state index in [1.54, 1.807) is 13.8 Å². The first-order valence-corrected chi connectivity index (χ1v) is 6.16. The Kier molecular flexibility index (Phi) is 3.66. The van der Waals surface area contributed by atoms with Crippen molar-refractivity contribution in [3.63, 3.8) is 0 Å². The van der Waals surface area contributed by atoms with Crippen molar-refractivity contribution in [1.82, 2.24) is 0 Å². The van der Waals surface area contributed by atoms with Crippen LogP contribution in [-0.2, 0) is 23.8 Å². The van der Waals surface area contributed by atoms with E-state index in [2.05, 4.69) is 0 Å². The molecule has 0 bridgehead atoms. The fraction of sp³-hybridized carbons (Fsp3) is 0.833. The fourth-order valence-corrected chi connectivity index (χ4v) is 2.44. The molecule has 2 rings (SSSR count). The van der Waals surface area contributed by atoms with E-state index in [4.69, 9.17) is 14.2 Å². The van der Waals surface area contributed by atoms with Gasteiger partial charge in [-0.2, -0.15) is 0 Å². The molecule has 1 heterocycles. The van der Waals surface area contributed by atoms with Crippen molar-refractivity contribution in [3.05, 3.63) is 0 Å². The third-order valence-electron chi connectivity index (χ3n) is 3.32. The van der Waals surface area contributed by atoms with Crippen molar-refractivity contribution in [2.45, 2.75) is 38.9 Å². The van der Waals surface area contributed by atoms with Crippen LogP contribution in [0.25, 0.3) is 0 Å². The van der Waals surface area contributed by atoms with Crippen molar-refractivity contribution < 1.29 is 23.8 Å². The summed E-state index contributed by atoms with van der Waals surface area (Å²) in [7, 11) is 0. The number of fused-ring (bicyclic) bond motifs is 1. The molecule has 17 heavy (non-hydrogen) atoms. The Bertz CT molecular complexity index is 284. The molecule has 0 N–H and O–H groups in total. The number of carbonyl (C=O) groups is 2. The predicted octanol–water partition coefficient (Wildman–Crippen LogP) is 0.906. The van der Waals surface area contributed by atoms with Crippen molar-refractivity contribution in [2.75, 3.05) is 13.2 Å². The highest BCUT2D eigenvalue weighted by atomic mass is 16.6. The Balaban J connectivity index is 2.03. The largest absolute Gasteiger partial charge is 0.466 e. The zero-order valence-electron chi connectivity index (χ0n) is 10.2. The molecule has 0 radical (unpaired) electrons. The molecule has 0 aromatic heterocycles. The Morgan fingerprint density at radius 2 is 1.41 bits per heavy atom. The average Bonchev–Trinajstić information content (AvgIpc) is 3.06. The van der Waals surface area contributed by atoms with Gasteiger partial charge in [0.25, 0.3) is 0 Å². The standard InChI is InChI=1S/C12H18O5/c1-3-15-11(13)7-5-9-10(17-9)6-8(7)12(14)16-4-2/h7-10H,3-6H2,1-2H3/t7-,8-,9-,10+/m0/s1. The highest BCUT2D eigenvalue weighted by molar-refractivity contribution is 5.82. The molecule has 5 nitrogen and oxygen atoms in total. The normalized spacial score (nSPS) is 34.7. The minimum absolute atomic E-state index is 0.134. The summed E-state index contributed by atoms with van der Waals surface area (Å²) in [5.74, 6) is -1.42. The molecule has 0 unspecified atom stereocenters. The zero-order chi connectivity index (χ0) is 12.4. The van der Waals surface area contributed by atoms with Crippen LogP contribution in [0, 0.1) is 11.8 Å². The van der Waals surface area contributed by atoms with E-state index in [0.717, 1.165) is 0 Å².